The average molecular weight is 233 g/mol. The zero-order valence-corrected chi connectivity index (χ0v) is 9.93. The van der Waals surface area contributed by atoms with E-state index >= 15 is 0 Å². The number of carbonyl (C=O) groups excluding carboxylic acids is 2. The van der Waals surface area contributed by atoms with Crippen molar-refractivity contribution >= 4 is 17.8 Å². The predicted octanol–water partition coefficient (Wildman–Crippen LogP) is 1.65. The molecule has 0 aliphatic carbocycles. The Bertz CT molecular complexity index is 457. The molecule has 1 aliphatic rings. The van der Waals surface area contributed by atoms with E-state index in [0.29, 0.717) is 24.7 Å². The second-order valence-corrected chi connectivity index (χ2v) is 4.36. The molecule has 5 heteroatoms. The highest BCUT2D eigenvalue weighted by Gasteiger charge is 2.25. The van der Waals surface area contributed by atoms with Crippen LogP contribution in [0.2, 0.25) is 0 Å². The normalized spacial score (nSPS) is 16.3. The van der Waals surface area contributed by atoms with Crippen molar-refractivity contribution in [2.45, 2.75) is 26.2 Å². The maximum atomic E-state index is 11.6. The lowest BCUT2D eigenvalue weighted by molar-refractivity contribution is -0.120. The van der Waals surface area contributed by atoms with Crippen LogP contribution < -0.4 is 10.2 Å². The zero-order valence-electron chi connectivity index (χ0n) is 9.93. The third-order valence-electron chi connectivity index (χ3n) is 2.77. The maximum Gasteiger partial charge on any atom is 0.329 e. The smallest absolute Gasteiger partial charge is 0.278 e. The maximum absolute atomic E-state index is 11.6. The number of hydrogen-bond acceptors (Lipinski definition) is 3. The molecular weight excluding hydrogens is 218 g/mol. The number of aromatic nitrogens is 1. The van der Waals surface area contributed by atoms with Gasteiger partial charge in [0, 0.05) is 19.2 Å². The Morgan fingerprint density at radius 2 is 2.18 bits per heavy atom. The van der Waals surface area contributed by atoms with Crippen molar-refractivity contribution in [3.8, 4) is 0 Å². The summed E-state index contributed by atoms with van der Waals surface area (Å²) in [6.45, 7) is 4.55. The van der Waals surface area contributed by atoms with Crippen molar-refractivity contribution in [3.63, 3.8) is 0 Å². The van der Waals surface area contributed by atoms with Gasteiger partial charge in [0.25, 0.3) is 0 Å². The van der Waals surface area contributed by atoms with E-state index in [9.17, 15) is 9.59 Å². The molecule has 0 spiro atoms. The van der Waals surface area contributed by atoms with E-state index in [0.717, 1.165) is 5.56 Å². The minimum absolute atomic E-state index is 0.230. The SMILES string of the molecule is CC(C)c1ccnc(N2CCC(=O)NC2=O)c1. The van der Waals surface area contributed by atoms with Crippen molar-refractivity contribution in [2.75, 3.05) is 11.4 Å². The monoisotopic (exact) mass is 233 g/mol. The van der Waals surface area contributed by atoms with Crippen molar-refractivity contribution < 1.29 is 9.59 Å². The van der Waals surface area contributed by atoms with Gasteiger partial charge in [0.1, 0.15) is 5.82 Å². The summed E-state index contributed by atoms with van der Waals surface area (Å²) < 4.78 is 0. The number of rotatable bonds is 2. The fraction of sp³-hybridized carbons (Fsp3) is 0.417. The number of anilines is 1. The number of nitrogens with one attached hydrogen (secondary N) is 1. The molecule has 0 radical (unpaired) electrons. The first kappa shape index (κ1) is 11.6. The molecule has 0 bridgehead atoms. The van der Waals surface area contributed by atoms with E-state index in [1.54, 1.807) is 6.20 Å². The molecule has 0 saturated carbocycles. The van der Waals surface area contributed by atoms with E-state index < -0.39 is 6.03 Å². The van der Waals surface area contributed by atoms with E-state index in [-0.39, 0.29) is 5.91 Å². The van der Waals surface area contributed by atoms with Gasteiger partial charge in [-0.05, 0) is 23.6 Å². The number of pyridine rings is 1. The summed E-state index contributed by atoms with van der Waals surface area (Å²) in [6.07, 6.45) is 2.01. The second kappa shape index (κ2) is 4.53. The Kier molecular flexibility index (Phi) is 3.08. The first-order valence-electron chi connectivity index (χ1n) is 5.65. The Labute approximate surface area is 99.8 Å². The topological polar surface area (TPSA) is 62.3 Å². The van der Waals surface area contributed by atoms with Gasteiger partial charge in [-0.2, -0.15) is 0 Å². The van der Waals surface area contributed by atoms with Crippen LogP contribution in [0, 0.1) is 0 Å². The van der Waals surface area contributed by atoms with Crippen molar-refractivity contribution in [1.82, 2.24) is 10.3 Å². The lowest BCUT2D eigenvalue weighted by atomic mass is 10.1. The molecule has 1 saturated heterocycles. The summed E-state index contributed by atoms with van der Waals surface area (Å²) in [5, 5.41) is 2.28. The van der Waals surface area contributed by atoms with Gasteiger partial charge in [0.05, 0.1) is 0 Å². The number of nitrogens with zero attached hydrogens (tertiary/aromatic N) is 2. The van der Waals surface area contributed by atoms with E-state index in [1.807, 2.05) is 12.1 Å². The number of hydrogen-bond donors (Lipinski definition) is 1. The van der Waals surface area contributed by atoms with Gasteiger partial charge in [-0.15, -0.1) is 0 Å². The first-order valence-corrected chi connectivity index (χ1v) is 5.65. The molecule has 90 valence electrons. The molecule has 17 heavy (non-hydrogen) atoms. The third-order valence-corrected chi connectivity index (χ3v) is 2.77. The first-order chi connectivity index (χ1) is 8.08. The van der Waals surface area contributed by atoms with Crippen molar-refractivity contribution in [3.05, 3.63) is 23.9 Å². The summed E-state index contributed by atoms with van der Waals surface area (Å²) in [6, 6.07) is 3.43. The fourth-order valence-electron chi connectivity index (χ4n) is 1.72. The van der Waals surface area contributed by atoms with Gasteiger partial charge in [-0.3, -0.25) is 15.0 Å². The zero-order chi connectivity index (χ0) is 12.4. The predicted molar refractivity (Wildman–Crippen MR) is 63.8 cm³/mol. The van der Waals surface area contributed by atoms with Crippen molar-refractivity contribution in [1.29, 1.82) is 0 Å². The summed E-state index contributed by atoms with van der Waals surface area (Å²) in [4.78, 5) is 28.4. The van der Waals surface area contributed by atoms with Gasteiger partial charge >= 0.3 is 6.03 Å². The molecule has 1 aromatic rings. The summed E-state index contributed by atoms with van der Waals surface area (Å²) in [5.74, 6) is 0.749. The highest BCUT2D eigenvalue weighted by atomic mass is 16.2. The van der Waals surface area contributed by atoms with E-state index in [1.165, 1.54) is 4.90 Å². The molecule has 1 aromatic heterocycles. The summed E-state index contributed by atoms with van der Waals surface area (Å²) in [5.41, 5.74) is 1.12. The molecule has 2 rings (SSSR count). The van der Waals surface area contributed by atoms with E-state index in [2.05, 4.69) is 24.1 Å². The molecule has 0 aromatic carbocycles. The summed E-state index contributed by atoms with van der Waals surface area (Å²) >= 11 is 0. The molecule has 5 nitrogen and oxygen atoms in total. The van der Waals surface area contributed by atoms with Crippen LogP contribution in [-0.2, 0) is 4.79 Å². The van der Waals surface area contributed by atoms with Gasteiger partial charge in [0.15, 0.2) is 0 Å². The molecule has 1 fully saturated rings. The highest BCUT2D eigenvalue weighted by molar-refractivity contribution is 6.05. The molecule has 1 N–H and O–H groups in total. The van der Waals surface area contributed by atoms with Crippen LogP contribution in [0.5, 0.6) is 0 Å². The van der Waals surface area contributed by atoms with Crippen LogP contribution >= 0.6 is 0 Å². The quantitative estimate of drug-likeness (QED) is 0.844. The Morgan fingerprint density at radius 1 is 1.41 bits per heavy atom. The highest BCUT2D eigenvalue weighted by Crippen LogP contribution is 2.20. The Hall–Kier alpha value is -1.91. The van der Waals surface area contributed by atoms with Crippen LogP contribution in [0.3, 0.4) is 0 Å². The largest absolute Gasteiger partial charge is 0.329 e. The van der Waals surface area contributed by atoms with Crippen LogP contribution in [0.1, 0.15) is 31.7 Å². The molecule has 0 atom stereocenters. The average Bonchev–Trinajstić information content (AvgIpc) is 2.29. The summed E-state index contributed by atoms with van der Waals surface area (Å²) in [7, 11) is 0. The van der Waals surface area contributed by atoms with Crippen LogP contribution in [0.25, 0.3) is 0 Å². The number of amides is 3. The number of urea groups is 1. The van der Waals surface area contributed by atoms with Gasteiger partial charge in [0.2, 0.25) is 5.91 Å². The Balaban J connectivity index is 2.25. The van der Waals surface area contributed by atoms with Gasteiger partial charge in [-0.25, -0.2) is 9.78 Å². The van der Waals surface area contributed by atoms with Crippen LogP contribution in [0.4, 0.5) is 10.6 Å². The fourth-order valence-corrected chi connectivity index (χ4v) is 1.72. The number of imide groups is 1. The van der Waals surface area contributed by atoms with Gasteiger partial charge in [-0.1, -0.05) is 13.8 Å². The van der Waals surface area contributed by atoms with Crippen molar-refractivity contribution in [2.24, 2.45) is 0 Å². The third kappa shape index (κ3) is 2.43. The second-order valence-electron chi connectivity index (χ2n) is 4.36. The Morgan fingerprint density at radius 3 is 2.82 bits per heavy atom. The minimum atomic E-state index is -0.394. The lowest BCUT2D eigenvalue weighted by Crippen LogP contribution is -2.49. The van der Waals surface area contributed by atoms with Gasteiger partial charge < -0.3 is 0 Å². The lowest BCUT2D eigenvalue weighted by Gasteiger charge is -2.26. The van der Waals surface area contributed by atoms with E-state index in [4.69, 9.17) is 0 Å². The molecule has 0 unspecified atom stereocenters. The molecule has 1 aliphatic heterocycles. The number of carbonyl (C=O) groups is 2. The van der Waals surface area contributed by atoms with Crippen LogP contribution in [-0.4, -0.2) is 23.5 Å². The molecule has 2 heterocycles. The molecular formula is C12H15N3O2. The minimum Gasteiger partial charge on any atom is -0.278 e. The van der Waals surface area contributed by atoms with Crippen LogP contribution in [0.15, 0.2) is 18.3 Å². The molecule has 3 amide bonds. The standard InChI is InChI=1S/C12H15N3O2/c1-8(2)9-3-5-13-10(7-9)15-6-4-11(16)14-12(15)17/h3,5,7-8H,4,6H2,1-2H3,(H,14,16,17).